The molecule has 0 unspecified atom stereocenters. The fraction of sp³-hybridized carbons (Fsp3) is 0.469. The van der Waals surface area contributed by atoms with E-state index in [0.29, 0.717) is 12.8 Å². The van der Waals surface area contributed by atoms with Crippen LogP contribution in [0, 0.1) is 17.3 Å². The normalized spacial score (nSPS) is 28.2. The second-order valence-electron chi connectivity index (χ2n) is 11.2. The van der Waals surface area contributed by atoms with E-state index in [1.807, 2.05) is 81.5 Å². The number of Topliss-reactive ketones (excluding diaryl/α,β-unsaturated/α-hetero) is 1. The molecule has 1 aliphatic rings. The van der Waals surface area contributed by atoms with Gasteiger partial charge < -0.3 is 14.9 Å². The van der Waals surface area contributed by atoms with Gasteiger partial charge in [-0.15, -0.1) is 0 Å². The summed E-state index contributed by atoms with van der Waals surface area (Å²) in [4.78, 5) is 30.9. The lowest BCUT2D eigenvalue weighted by Gasteiger charge is -2.34. The Hall–Kier alpha value is -3.09. The highest BCUT2D eigenvalue weighted by atomic mass is 16.5. The Bertz CT molecular complexity index is 1240. The van der Waals surface area contributed by atoms with Crippen LogP contribution in [0.5, 0.6) is 0 Å². The van der Waals surface area contributed by atoms with Crippen molar-refractivity contribution in [2.45, 2.75) is 79.1 Å². The third kappa shape index (κ3) is 7.27. The molecule has 0 fully saturated rings. The molecule has 0 aliphatic carbocycles. The van der Waals surface area contributed by atoms with E-state index in [1.54, 1.807) is 20.8 Å². The van der Waals surface area contributed by atoms with E-state index in [4.69, 9.17) is 9.72 Å². The van der Waals surface area contributed by atoms with E-state index in [1.165, 1.54) is 0 Å². The van der Waals surface area contributed by atoms with Crippen LogP contribution in [0.15, 0.2) is 65.8 Å². The third-order valence-corrected chi connectivity index (χ3v) is 7.63. The van der Waals surface area contributed by atoms with Crippen molar-refractivity contribution in [3.63, 3.8) is 0 Å². The molecule has 3 rings (SSSR count). The Morgan fingerprint density at radius 2 is 1.82 bits per heavy atom. The van der Waals surface area contributed by atoms with Crippen molar-refractivity contribution in [2.24, 2.45) is 17.3 Å². The molecule has 0 radical (unpaired) electrons. The molecule has 0 saturated heterocycles. The molecular formula is C32H41NO5. The van der Waals surface area contributed by atoms with Crippen molar-refractivity contribution in [3.8, 4) is 0 Å². The van der Waals surface area contributed by atoms with Crippen LogP contribution in [0.25, 0.3) is 17.0 Å². The topological polar surface area (TPSA) is 96.7 Å². The minimum atomic E-state index is -1.25. The van der Waals surface area contributed by atoms with Crippen molar-refractivity contribution in [3.05, 3.63) is 71.5 Å². The van der Waals surface area contributed by atoms with Crippen LogP contribution in [0.4, 0.5) is 0 Å². The fourth-order valence-corrected chi connectivity index (χ4v) is 4.77. The monoisotopic (exact) mass is 519 g/mol. The second kappa shape index (κ2) is 12.6. The molecule has 2 N–H and O–H groups in total. The van der Waals surface area contributed by atoms with Crippen LogP contribution in [0.2, 0.25) is 0 Å². The molecule has 6 heteroatoms. The van der Waals surface area contributed by atoms with Crippen molar-refractivity contribution in [2.75, 3.05) is 0 Å². The summed E-state index contributed by atoms with van der Waals surface area (Å²) in [5.74, 6) is -1.81. The lowest BCUT2D eigenvalue weighted by atomic mass is 9.73. The number of nitrogens with zero attached hydrogens (tertiary/aromatic N) is 1. The predicted molar refractivity (Wildman–Crippen MR) is 151 cm³/mol. The maximum atomic E-state index is 13.2. The zero-order valence-electron chi connectivity index (χ0n) is 23.3. The molecule has 0 spiro atoms. The maximum Gasteiger partial charge on any atom is 0.309 e. The standard InChI is InChI=1S/C32H41NO5/c1-20-10-9-11-21(2)30(36)23(4)31(37)32(5,6)28(34)19-29(35)38-27(17-14-20)22(3)18-25-16-15-24-12-7-8-13-26(24)33-25/h7-9,11-16,18,21,23,27-28,30,34,36H,10,17,19H2,1-6H3/t21-,23+,27-,28-,30-/m0/s1. The molecule has 1 aliphatic heterocycles. The van der Waals surface area contributed by atoms with Crippen LogP contribution in [0.1, 0.15) is 66.5 Å². The van der Waals surface area contributed by atoms with Crippen molar-refractivity contribution in [1.29, 1.82) is 0 Å². The molecular weight excluding hydrogens is 478 g/mol. The number of cyclic esters (lactones) is 1. The van der Waals surface area contributed by atoms with Crippen molar-refractivity contribution < 1.29 is 24.5 Å². The molecule has 38 heavy (non-hydrogen) atoms. The van der Waals surface area contributed by atoms with Gasteiger partial charge in [-0.3, -0.25) is 9.59 Å². The van der Waals surface area contributed by atoms with E-state index in [0.717, 1.165) is 27.7 Å². The zero-order chi connectivity index (χ0) is 28.0. The summed E-state index contributed by atoms with van der Waals surface area (Å²) in [5.41, 5.74) is 2.35. The first-order valence-corrected chi connectivity index (χ1v) is 13.4. The number of carbonyl (C=O) groups excluding carboxylic acids is 2. The van der Waals surface area contributed by atoms with Gasteiger partial charge >= 0.3 is 5.97 Å². The molecule has 2 aromatic rings. The minimum Gasteiger partial charge on any atom is -0.457 e. The summed E-state index contributed by atoms with van der Waals surface area (Å²) in [6, 6.07) is 11.8. The molecule has 0 amide bonds. The van der Waals surface area contributed by atoms with Crippen LogP contribution in [-0.4, -0.2) is 45.3 Å². The highest BCUT2D eigenvalue weighted by molar-refractivity contribution is 5.88. The number of aliphatic hydroxyl groups excluding tert-OH is 2. The number of para-hydroxylation sites is 1. The van der Waals surface area contributed by atoms with E-state index in [-0.39, 0.29) is 18.1 Å². The number of rotatable bonds is 2. The highest BCUT2D eigenvalue weighted by Gasteiger charge is 2.42. The molecule has 204 valence electrons. The summed E-state index contributed by atoms with van der Waals surface area (Å²) in [7, 11) is 0. The summed E-state index contributed by atoms with van der Waals surface area (Å²) >= 11 is 0. The fourth-order valence-electron chi connectivity index (χ4n) is 4.77. The number of aliphatic hydroxyl groups is 2. The average Bonchev–Trinajstić information content (AvgIpc) is 2.88. The second-order valence-corrected chi connectivity index (χ2v) is 11.2. The maximum absolute atomic E-state index is 13.2. The zero-order valence-corrected chi connectivity index (χ0v) is 23.3. The van der Waals surface area contributed by atoms with Crippen LogP contribution in [0.3, 0.4) is 0 Å². The first-order valence-electron chi connectivity index (χ1n) is 13.4. The molecule has 0 bridgehead atoms. The Morgan fingerprint density at radius 3 is 2.55 bits per heavy atom. The Labute approximate surface area is 226 Å². The predicted octanol–water partition coefficient (Wildman–Crippen LogP) is 5.83. The van der Waals surface area contributed by atoms with Gasteiger partial charge in [-0.05, 0) is 44.1 Å². The van der Waals surface area contributed by atoms with E-state index in [9.17, 15) is 19.8 Å². The largest absolute Gasteiger partial charge is 0.457 e. The molecule has 2 heterocycles. The smallest absolute Gasteiger partial charge is 0.309 e. The number of hydrogen-bond acceptors (Lipinski definition) is 6. The number of esters is 1. The van der Waals surface area contributed by atoms with Gasteiger partial charge in [-0.25, -0.2) is 4.98 Å². The first kappa shape index (κ1) is 29.5. The molecule has 0 saturated carbocycles. The Morgan fingerprint density at radius 1 is 1.11 bits per heavy atom. The number of fused-ring (bicyclic) bond motifs is 1. The third-order valence-electron chi connectivity index (χ3n) is 7.63. The molecule has 5 atom stereocenters. The van der Waals surface area contributed by atoms with Gasteiger partial charge in [-0.2, -0.15) is 0 Å². The lowest BCUT2D eigenvalue weighted by Crippen LogP contribution is -2.45. The van der Waals surface area contributed by atoms with E-state index >= 15 is 0 Å². The summed E-state index contributed by atoms with van der Waals surface area (Å²) in [5, 5.41) is 22.7. The molecule has 1 aromatic carbocycles. The minimum absolute atomic E-state index is 0.236. The lowest BCUT2D eigenvalue weighted by molar-refractivity contribution is -0.154. The number of aromatic nitrogens is 1. The number of ketones is 1. The molecule has 1 aromatic heterocycles. The van der Waals surface area contributed by atoms with Gasteiger partial charge in [0.25, 0.3) is 0 Å². The van der Waals surface area contributed by atoms with Gasteiger partial charge in [0, 0.05) is 23.6 Å². The van der Waals surface area contributed by atoms with Crippen molar-refractivity contribution in [1.82, 2.24) is 4.98 Å². The van der Waals surface area contributed by atoms with Gasteiger partial charge in [-0.1, -0.05) is 75.8 Å². The quantitative estimate of drug-likeness (QED) is 0.383. The van der Waals surface area contributed by atoms with E-state index in [2.05, 4.69) is 0 Å². The average molecular weight is 520 g/mol. The van der Waals surface area contributed by atoms with Crippen LogP contribution in [-0.2, 0) is 14.3 Å². The van der Waals surface area contributed by atoms with Gasteiger partial charge in [0.05, 0.1) is 35.3 Å². The summed E-state index contributed by atoms with van der Waals surface area (Å²) in [6.07, 6.45) is 6.02. The van der Waals surface area contributed by atoms with Gasteiger partial charge in [0.1, 0.15) is 11.9 Å². The highest BCUT2D eigenvalue weighted by Crippen LogP contribution is 2.31. The number of benzene rings is 1. The molecule has 6 nitrogen and oxygen atoms in total. The van der Waals surface area contributed by atoms with Crippen LogP contribution < -0.4 is 0 Å². The SMILES string of the molecule is CC1=CC[C@@H](C(C)=Cc2ccc3ccccc3n2)OC(=O)C[C@H](O)C(C)(C)C(=O)[C@H](C)[C@@H](O)[C@@H](C)C=CC1. The Balaban J connectivity index is 1.92. The number of ether oxygens (including phenoxy) is 1. The van der Waals surface area contributed by atoms with Crippen molar-refractivity contribution >= 4 is 28.7 Å². The summed E-state index contributed by atoms with van der Waals surface area (Å²) in [6.45, 7) is 10.7. The van der Waals surface area contributed by atoms with E-state index < -0.39 is 35.6 Å². The number of hydrogen-bond donors (Lipinski definition) is 2. The summed E-state index contributed by atoms with van der Waals surface area (Å²) < 4.78 is 5.87. The van der Waals surface area contributed by atoms with Gasteiger partial charge in [0.2, 0.25) is 0 Å². The first-order chi connectivity index (χ1) is 17.9. The van der Waals surface area contributed by atoms with Gasteiger partial charge in [0.15, 0.2) is 0 Å². The number of pyridine rings is 1. The number of carbonyl (C=O) groups is 2. The van der Waals surface area contributed by atoms with Crippen LogP contribution >= 0.6 is 0 Å². The Kier molecular flexibility index (Phi) is 9.80. The number of allylic oxidation sites excluding steroid dienone is 2.